The van der Waals surface area contributed by atoms with Gasteiger partial charge in [-0.1, -0.05) is 12.1 Å². The average Bonchev–Trinajstić information content (AvgIpc) is 2.90. The molecule has 0 radical (unpaired) electrons. The van der Waals surface area contributed by atoms with Crippen molar-refractivity contribution in [3.63, 3.8) is 0 Å². The van der Waals surface area contributed by atoms with Crippen molar-refractivity contribution in [3.8, 4) is 0 Å². The number of aromatic nitrogens is 2. The Hall–Kier alpha value is -2.37. The van der Waals surface area contributed by atoms with Gasteiger partial charge in [0.15, 0.2) is 5.82 Å². The molecular weight excluding hydrogens is 250 g/mol. The molecule has 0 bridgehead atoms. The molecule has 19 heavy (non-hydrogen) atoms. The third-order valence-corrected chi connectivity index (χ3v) is 2.92. The zero-order chi connectivity index (χ0) is 13.2. The summed E-state index contributed by atoms with van der Waals surface area (Å²) in [6.07, 6.45) is 2.26. The van der Waals surface area contributed by atoms with Gasteiger partial charge in [-0.15, -0.1) is 0 Å². The van der Waals surface area contributed by atoms with Crippen LogP contribution in [0.1, 0.15) is 17.3 Å². The minimum absolute atomic E-state index is 0.161. The number of nitrogens with zero attached hydrogens (tertiary/aromatic N) is 3. The van der Waals surface area contributed by atoms with Crippen LogP contribution in [0, 0.1) is 11.6 Å². The van der Waals surface area contributed by atoms with Crippen molar-refractivity contribution in [2.45, 2.75) is 5.92 Å². The van der Waals surface area contributed by atoms with Crippen LogP contribution >= 0.6 is 0 Å². The lowest BCUT2D eigenvalue weighted by atomic mass is 9.97. The Balaban J connectivity index is 1.93. The zero-order valence-electron chi connectivity index (χ0n) is 9.85. The molecule has 1 aliphatic rings. The third-order valence-electron chi connectivity index (χ3n) is 2.92. The van der Waals surface area contributed by atoms with Crippen LogP contribution in [0.15, 0.2) is 41.8 Å². The summed E-state index contributed by atoms with van der Waals surface area (Å²) in [4.78, 5) is 7.95. The van der Waals surface area contributed by atoms with E-state index in [1.807, 2.05) is 0 Å². The minimum Gasteiger partial charge on any atom is -0.309 e. The third kappa shape index (κ3) is 2.29. The molecule has 1 aliphatic heterocycles. The highest BCUT2D eigenvalue weighted by molar-refractivity contribution is 6.05. The molecule has 6 heteroatoms. The zero-order valence-corrected chi connectivity index (χ0v) is 9.85. The molecule has 2 heterocycles. The van der Waals surface area contributed by atoms with Gasteiger partial charge in [-0.25, -0.2) is 18.7 Å². The van der Waals surface area contributed by atoms with Crippen molar-refractivity contribution in [3.05, 3.63) is 59.7 Å². The summed E-state index contributed by atoms with van der Waals surface area (Å²) in [5.41, 5.74) is 4.39. The maximum Gasteiger partial charge on any atom is 0.159 e. The summed E-state index contributed by atoms with van der Waals surface area (Å²) in [6, 6.07) is 6.05. The second-order valence-electron chi connectivity index (χ2n) is 4.18. The van der Waals surface area contributed by atoms with Crippen LogP contribution in [0.2, 0.25) is 0 Å². The van der Waals surface area contributed by atoms with Crippen molar-refractivity contribution in [1.82, 2.24) is 15.4 Å². The molecule has 1 aromatic heterocycles. The van der Waals surface area contributed by atoms with Gasteiger partial charge in [0.1, 0.15) is 11.6 Å². The maximum atomic E-state index is 12.9. The normalized spacial score (nSPS) is 18.0. The van der Waals surface area contributed by atoms with Crippen LogP contribution in [0.4, 0.5) is 8.78 Å². The number of nitrogens with one attached hydrogen (secondary N) is 1. The van der Waals surface area contributed by atoms with Gasteiger partial charge in [0.25, 0.3) is 0 Å². The monoisotopic (exact) mass is 260 g/mol. The molecule has 0 saturated carbocycles. The second-order valence-corrected chi connectivity index (χ2v) is 4.18. The van der Waals surface area contributed by atoms with Crippen molar-refractivity contribution in [1.29, 1.82) is 0 Å². The molecule has 1 N–H and O–H groups in total. The van der Waals surface area contributed by atoms with Crippen LogP contribution in [0.5, 0.6) is 0 Å². The highest BCUT2D eigenvalue weighted by Crippen LogP contribution is 2.21. The van der Waals surface area contributed by atoms with Crippen molar-refractivity contribution < 1.29 is 8.78 Å². The molecule has 1 aromatic carbocycles. The van der Waals surface area contributed by atoms with E-state index in [9.17, 15) is 8.78 Å². The van der Waals surface area contributed by atoms with Gasteiger partial charge in [0.05, 0.1) is 24.0 Å². The van der Waals surface area contributed by atoms with Gasteiger partial charge in [-0.2, -0.15) is 5.10 Å². The first-order valence-electron chi connectivity index (χ1n) is 5.78. The van der Waals surface area contributed by atoms with E-state index in [2.05, 4.69) is 20.5 Å². The Labute approximate surface area is 108 Å². The SMILES string of the molecule is Fc1ccc(C2=NNCC2c2ncc(F)cn2)cc1. The summed E-state index contributed by atoms with van der Waals surface area (Å²) >= 11 is 0. The fraction of sp³-hybridized carbons (Fsp3) is 0.154. The van der Waals surface area contributed by atoms with E-state index in [0.29, 0.717) is 12.4 Å². The molecule has 2 aromatic rings. The number of hydrogen-bond acceptors (Lipinski definition) is 4. The smallest absolute Gasteiger partial charge is 0.159 e. The lowest BCUT2D eigenvalue weighted by Gasteiger charge is -2.10. The molecule has 3 rings (SSSR count). The number of benzene rings is 1. The first-order valence-corrected chi connectivity index (χ1v) is 5.78. The van der Waals surface area contributed by atoms with E-state index in [4.69, 9.17) is 0 Å². The van der Waals surface area contributed by atoms with Crippen LogP contribution in [-0.2, 0) is 0 Å². The van der Waals surface area contributed by atoms with Crippen LogP contribution < -0.4 is 5.43 Å². The molecule has 96 valence electrons. The van der Waals surface area contributed by atoms with E-state index in [-0.39, 0.29) is 11.7 Å². The molecule has 1 atom stereocenters. The topological polar surface area (TPSA) is 50.2 Å². The summed E-state index contributed by atoms with van der Waals surface area (Å²) in [5.74, 6) is -0.444. The lowest BCUT2D eigenvalue weighted by molar-refractivity contribution is 0.605. The Kier molecular flexibility index (Phi) is 2.91. The predicted molar refractivity (Wildman–Crippen MR) is 65.7 cm³/mol. The number of halogens is 2. The summed E-state index contributed by atoms with van der Waals surface area (Å²) in [7, 11) is 0. The fourth-order valence-corrected chi connectivity index (χ4v) is 2.00. The Morgan fingerprint density at radius 3 is 2.37 bits per heavy atom. The van der Waals surface area contributed by atoms with Gasteiger partial charge in [0, 0.05) is 6.54 Å². The number of hydrazone groups is 1. The molecule has 0 spiro atoms. The van der Waals surface area contributed by atoms with Crippen molar-refractivity contribution in [2.75, 3.05) is 6.54 Å². The van der Waals surface area contributed by atoms with Gasteiger partial charge in [0.2, 0.25) is 0 Å². The van der Waals surface area contributed by atoms with E-state index >= 15 is 0 Å². The summed E-state index contributed by atoms with van der Waals surface area (Å²) in [6.45, 7) is 0.540. The fourth-order valence-electron chi connectivity index (χ4n) is 2.00. The molecule has 1 unspecified atom stereocenters. The second kappa shape index (κ2) is 4.72. The quantitative estimate of drug-likeness (QED) is 0.896. The van der Waals surface area contributed by atoms with Gasteiger partial charge >= 0.3 is 0 Å². The Bertz CT molecular complexity index is 608. The number of hydrogen-bond donors (Lipinski definition) is 1. The Morgan fingerprint density at radius 2 is 1.68 bits per heavy atom. The molecule has 0 saturated heterocycles. The average molecular weight is 260 g/mol. The molecule has 0 amide bonds. The van der Waals surface area contributed by atoms with E-state index < -0.39 is 5.82 Å². The van der Waals surface area contributed by atoms with Gasteiger partial charge in [-0.3, -0.25) is 0 Å². The van der Waals surface area contributed by atoms with E-state index in [1.54, 1.807) is 12.1 Å². The Morgan fingerprint density at radius 1 is 1.00 bits per heavy atom. The van der Waals surface area contributed by atoms with Gasteiger partial charge in [-0.05, 0) is 17.7 Å². The van der Waals surface area contributed by atoms with Crippen LogP contribution in [0.3, 0.4) is 0 Å². The first kappa shape index (κ1) is 11.7. The van der Waals surface area contributed by atoms with E-state index in [1.165, 1.54) is 12.1 Å². The highest BCUT2D eigenvalue weighted by Gasteiger charge is 2.26. The first-order chi connectivity index (χ1) is 9.24. The lowest BCUT2D eigenvalue weighted by Crippen LogP contribution is -2.17. The molecule has 0 aliphatic carbocycles. The maximum absolute atomic E-state index is 12.9. The highest BCUT2D eigenvalue weighted by atomic mass is 19.1. The van der Waals surface area contributed by atoms with Crippen LogP contribution in [0.25, 0.3) is 0 Å². The van der Waals surface area contributed by atoms with Crippen molar-refractivity contribution in [2.24, 2.45) is 5.10 Å². The van der Waals surface area contributed by atoms with E-state index in [0.717, 1.165) is 23.7 Å². The molecule has 4 nitrogen and oxygen atoms in total. The summed E-state index contributed by atoms with van der Waals surface area (Å²) in [5, 5.41) is 4.19. The standard InChI is InChI=1S/C13H10F2N4/c14-9-3-1-8(2-4-9)12-11(7-18-19-12)13-16-5-10(15)6-17-13/h1-6,11,18H,7H2. The largest absolute Gasteiger partial charge is 0.309 e. The predicted octanol–water partition coefficient (Wildman–Crippen LogP) is 1.85. The summed E-state index contributed by atoms with van der Waals surface area (Å²) < 4.78 is 25.7. The molecular formula is C13H10F2N4. The minimum atomic E-state index is -0.477. The van der Waals surface area contributed by atoms with Crippen molar-refractivity contribution >= 4 is 5.71 Å². The van der Waals surface area contributed by atoms with Crippen LogP contribution in [-0.4, -0.2) is 22.2 Å². The van der Waals surface area contributed by atoms with Gasteiger partial charge < -0.3 is 5.43 Å². The number of rotatable bonds is 2. The molecule has 0 fully saturated rings.